The molecule has 3 N–H and O–H groups in total. The first-order valence-electron chi connectivity index (χ1n) is 5.12. The van der Waals surface area contributed by atoms with E-state index in [1.807, 2.05) is 13.0 Å². The van der Waals surface area contributed by atoms with Gasteiger partial charge in [0.15, 0.2) is 5.82 Å². The smallest absolute Gasteiger partial charge is 0.256 e. The molecule has 0 saturated carbocycles. The second-order valence-corrected chi connectivity index (χ2v) is 4.41. The Bertz CT molecular complexity index is 591. The van der Waals surface area contributed by atoms with Crippen molar-refractivity contribution in [1.29, 1.82) is 0 Å². The van der Waals surface area contributed by atoms with Crippen molar-refractivity contribution in [3.63, 3.8) is 0 Å². The van der Waals surface area contributed by atoms with Gasteiger partial charge in [-0.25, -0.2) is 4.98 Å². The Labute approximate surface area is 106 Å². The van der Waals surface area contributed by atoms with Gasteiger partial charge in [-0.1, -0.05) is 6.92 Å². The lowest BCUT2D eigenvalue weighted by atomic mass is 10.2. The fourth-order valence-electron chi connectivity index (χ4n) is 1.49. The van der Waals surface area contributed by atoms with Crippen LogP contribution in [0.15, 0.2) is 27.6 Å². The van der Waals surface area contributed by atoms with E-state index in [-0.39, 0.29) is 11.4 Å². The van der Waals surface area contributed by atoms with Crippen LogP contribution < -0.4 is 11.3 Å². The van der Waals surface area contributed by atoms with E-state index in [1.54, 1.807) is 12.3 Å². The van der Waals surface area contributed by atoms with Crippen LogP contribution in [0.2, 0.25) is 0 Å². The number of H-pyrrole nitrogens is 1. The van der Waals surface area contributed by atoms with E-state index in [4.69, 9.17) is 5.73 Å². The summed E-state index contributed by atoms with van der Waals surface area (Å²) in [6.07, 6.45) is 2.20. The first-order valence-corrected chi connectivity index (χ1v) is 5.91. The third kappa shape index (κ3) is 2.36. The topological polar surface area (TPSA) is 84.7 Å². The van der Waals surface area contributed by atoms with Crippen molar-refractivity contribution in [3.05, 3.63) is 38.7 Å². The summed E-state index contributed by atoms with van der Waals surface area (Å²) >= 11 is 3.29. The molecule has 88 valence electrons. The number of nitrogens with zero attached hydrogens (tertiary/aromatic N) is 2. The Kier molecular flexibility index (Phi) is 3.23. The van der Waals surface area contributed by atoms with E-state index in [1.165, 1.54) is 0 Å². The number of nitrogens with one attached hydrogen (secondary N) is 1. The van der Waals surface area contributed by atoms with Gasteiger partial charge in [-0.2, -0.15) is 0 Å². The number of anilines is 1. The SMILES string of the molecule is CCc1c(N)nc(-c2ccc(Br)cn2)[nH]c1=O. The molecule has 0 aromatic carbocycles. The van der Waals surface area contributed by atoms with E-state index in [0.29, 0.717) is 23.5 Å². The summed E-state index contributed by atoms with van der Waals surface area (Å²) in [7, 11) is 0. The highest BCUT2D eigenvalue weighted by molar-refractivity contribution is 9.10. The molecule has 0 bridgehead atoms. The molecule has 17 heavy (non-hydrogen) atoms. The van der Waals surface area contributed by atoms with Crippen molar-refractivity contribution in [1.82, 2.24) is 15.0 Å². The van der Waals surface area contributed by atoms with Gasteiger partial charge < -0.3 is 10.7 Å². The number of aromatic nitrogens is 3. The van der Waals surface area contributed by atoms with Crippen LogP contribution in [-0.4, -0.2) is 15.0 Å². The number of halogens is 1. The summed E-state index contributed by atoms with van der Waals surface area (Å²) in [5, 5.41) is 0. The van der Waals surface area contributed by atoms with Crippen molar-refractivity contribution in [2.75, 3.05) is 5.73 Å². The van der Waals surface area contributed by atoms with Crippen LogP contribution >= 0.6 is 15.9 Å². The molecule has 2 aromatic heterocycles. The van der Waals surface area contributed by atoms with Gasteiger partial charge >= 0.3 is 0 Å². The van der Waals surface area contributed by atoms with E-state index in [0.717, 1.165) is 4.47 Å². The number of hydrogen-bond donors (Lipinski definition) is 2. The third-order valence-electron chi connectivity index (χ3n) is 2.37. The number of nitrogen functional groups attached to an aromatic ring is 1. The molecule has 0 spiro atoms. The third-order valence-corrected chi connectivity index (χ3v) is 2.84. The molecular weight excluding hydrogens is 284 g/mol. The van der Waals surface area contributed by atoms with Gasteiger partial charge in [0.1, 0.15) is 11.5 Å². The lowest BCUT2D eigenvalue weighted by molar-refractivity contribution is 1.01. The van der Waals surface area contributed by atoms with Crippen LogP contribution in [0.25, 0.3) is 11.5 Å². The van der Waals surface area contributed by atoms with Crippen molar-refractivity contribution in [3.8, 4) is 11.5 Å². The Morgan fingerprint density at radius 1 is 1.47 bits per heavy atom. The van der Waals surface area contributed by atoms with Crippen molar-refractivity contribution >= 4 is 21.7 Å². The van der Waals surface area contributed by atoms with Gasteiger partial charge in [0.2, 0.25) is 0 Å². The fourth-order valence-corrected chi connectivity index (χ4v) is 1.73. The maximum absolute atomic E-state index is 11.7. The molecule has 0 saturated heterocycles. The largest absolute Gasteiger partial charge is 0.383 e. The minimum absolute atomic E-state index is 0.209. The van der Waals surface area contributed by atoms with Gasteiger partial charge in [0, 0.05) is 10.7 Å². The molecule has 0 atom stereocenters. The number of hydrogen-bond acceptors (Lipinski definition) is 4. The highest BCUT2D eigenvalue weighted by atomic mass is 79.9. The molecule has 0 fully saturated rings. The van der Waals surface area contributed by atoms with Gasteiger partial charge in [0.25, 0.3) is 5.56 Å². The van der Waals surface area contributed by atoms with Gasteiger partial charge in [-0.05, 0) is 34.5 Å². The monoisotopic (exact) mass is 294 g/mol. The fraction of sp³-hybridized carbons (Fsp3) is 0.182. The summed E-state index contributed by atoms with van der Waals surface area (Å²) in [6, 6.07) is 3.58. The minimum atomic E-state index is -0.209. The Balaban J connectivity index is 2.54. The number of nitrogens with two attached hydrogens (primary N) is 1. The Morgan fingerprint density at radius 3 is 2.76 bits per heavy atom. The van der Waals surface area contributed by atoms with E-state index < -0.39 is 0 Å². The lowest BCUT2D eigenvalue weighted by Gasteiger charge is -2.04. The highest BCUT2D eigenvalue weighted by Crippen LogP contribution is 2.15. The zero-order valence-corrected chi connectivity index (χ0v) is 10.8. The van der Waals surface area contributed by atoms with Crippen molar-refractivity contribution in [2.24, 2.45) is 0 Å². The standard InChI is InChI=1S/C11H11BrN4O/c1-2-7-9(13)15-10(16-11(7)17)8-4-3-6(12)5-14-8/h3-5H,2H2,1H3,(H3,13,15,16,17). The summed E-state index contributed by atoms with van der Waals surface area (Å²) in [5.41, 5.74) is 6.61. The maximum Gasteiger partial charge on any atom is 0.256 e. The zero-order chi connectivity index (χ0) is 12.4. The predicted octanol–water partition coefficient (Wildman–Crippen LogP) is 1.74. The lowest BCUT2D eigenvalue weighted by Crippen LogP contribution is -2.17. The van der Waals surface area contributed by atoms with E-state index in [9.17, 15) is 4.79 Å². The summed E-state index contributed by atoms with van der Waals surface area (Å²) in [6.45, 7) is 1.86. The van der Waals surface area contributed by atoms with Crippen LogP contribution in [0.4, 0.5) is 5.82 Å². The molecule has 0 radical (unpaired) electrons. The first kappa shape index (κ1) is 11.8. The van der Waals surface area contributed by atoms with E-state index >= 15 is 0 Å². The molecule has 0 aliphatic carbocycles. The molecule has 6 heteroatoms. The molecule has 2 heterocycles. The van der Waals surface area contributed by atoms with Gasteiger partial charge in [0.05, 0.1) is 5.56 Å². The second-order valence-electron chi connectivity index (χ2n) is 3.49. The number of aromatic amines is 1. The average molecular weight is 295 g/mol. The summed E-state index contributed by atoms with van der Waals surface area (Å²) in [5.74, 6) is 0.646. The Morgan fingerprint density at radius 2 is 2.24 bits per heavy atom. The predicted molar refractivity (Wildman–Crippen MR) is 69.6 cm³/mol. The Hall–Kier alpha value is -1.69. The van der Waals surface area contributed by atoms with Crippen LogP contribution in [-0.2, 0) is 6.42 Å². The minimum Gasteiger partial charge on any atom is -0.383 e. The molecule has 2 rings (SSSR count). The van der Waals surface area contributed by atoms with Crippen LogP contribution in [0.3, 0.4) is 0 Å². The molecule has 0 aliphatic rings. The second kappa shape index (κ2) is 4.67. The summed E-state index contributed by atoms with van der Waals surface area (Å²) < 4.78 is 0.863. The molecular formula is C11H11BrN4O. The van der Waals surface area contributed by atoms with Crippen molar-refractivity contribution < 1.29 is 0 Å². The normalized spacial score (nSPS) is 10.5. The average Bonchev–Trinajstić information content (AvgIpc) is 2.29. The van der Waals surface area contributed by atoms with E-state index in [2.05, 4.69) is 30.9 Å². The molecule has 0 aliphatic heterocycles. The maximum atomic E-state index is 11.7. The van der Waals surface area contributed by atoms with Gasteiger partial charge in [-0.15, -0.1) is 0 Å². The summed E-state index contributed by atoms with van der Waals surface area (Å²) in [4.78, 5) is 22.7. The molecule has 0 amide bonds. The highest BCUT2D eigenvalue weighted by Gasteiger charge is 2.09. The molecule has 0 unspecified atom stereocenters. The van der Waals surface area contributed by atoms with Crippen molar-refractivity contribution in [2.45, 2.75) is 13.3 Å². The van der Waals surface area contributed by atoms with Gasteiger partial charge in [-0.3, -0.25) is 9.78 Å². The van der Waals surface area contributed by atoms with Crippen LogP contribution in [0.5, 0.6) is 0 Å². The number of rotatable bonds is 2. The zero-order valence-electron chi connectivity index (χ0n) is 9.20. The van der Waals surface area contributed by atoms with Crippen LogP contribution in [0.1, 0.15) is 12.5 Å². The quantitative estimate of drug-likeness (QED) is 0.883. The van der Waals surface area contributed by atoms with Crippen LogP contribution in [0, 0.1) is 0 Å². The number of pyridine rings is 1. The molecule has 2 aromatic rings. The first-order chi connectivity index (χ1) is 8.11. The molecule has 5 nitrogen and oxygen atoms in total.